The minimum Gasteiger partial charge on any atom is -0.375 e. The van der Waals surface area contributed by atoms with E-state index in [1.165, 1.54) is 11.1 Å². The van der Waals surface area contributed by atoms with Gasteiger partial charge in [-0.25, -0.2) is 0 Å². The van der Waals surface area contributed by atoms with Crippen LogP contribution in [-0.4, -0.2) is 73.8 Å². The molecule has 2 atom stereocenters. The molecule has 0 aliphatic carbocycles. The Kier molecular flexibility index (Phi) is 6.67. The molecule has 0 spiro atoms. The van der Waals surface area contributed by atoms with Gasteiger partial charge in [0.15, 0.2) is 5.96 Å². The lowest BCUT2D eigenvalue weighted by atomic mass is 10.1. The summed E-state index contributed by atoms with van der Waals surface area (Å²) in [7, 11) is 1.83. The van der Waals surface area contributed by atoms with Crippen molar-refractivity contribution in [2.45, 2.75) is 51.0 Å². The normalized spacial score (nSPS) is 25.7. The third-order valence-corrected chi connectivity index (χ3v) is 6.07. The molecule has 1 aromatic rings. The minimum absolute atomic E-state index is 0.110. The third kappa shape index (κ3) is 4.90. The molecule has 0 saturated carbocycles. The third-order valence-electron chi connectivity index (χ3n) is 6.07. The molecule has 7 nitrogen and oxygen atoms in total. The lowest BCUT2D eigenvalue weighted by molar-refractivity contribution is -0.128. The second kappa shape index (κ2) is 9.59. The van der Waals surface area contributed by atoms with Crippen LogP contribution >= 0.6 is 0 Å². The van der Waals surface area contributed by atoms with Crippen LogP contribution in [0.2, 0.25) is 0 Å². The molecule has 3 saturated heterocycles. The van der Waals surface area contributed by atoms with Crippen LogP contribution < -0.4 is 5.32 Å². The van der Waals surface area contributed by atoms with Gasteiger partial charge in [-0.15, -0.1) is 0 Å². The number of hydrogen-bond acceptors (Lipinski definition) is 4. The molecule has 2 unspecified atom stereocenters. The zero-order valence-electron chi connectivity index (χ0n) is 17.3. The molecule has 0 aromatic heterocycles. The Labute approximate surface area is 173 Å². The van der Waals surface area contributed by atoms with Crippen molar-refractivity contribution in [1.29, 1.82) is 0 Å². The molecule has 0 bridgehead atoms. The summed E-state index contributed by atoms with van der Waals surface area (Å²) in [6, 6.07) is 8.35. The minimum atomic E-state index is 0.110. The number of hydrogen-bond donors (Lipinski definition) is 1. The van der Waals surface area contributed by atoms with E-state index in [2.05, 4.69) is 33.4 Å². The fourth-order valence-electron chi connectivity index (χ4n) is 4.46. The van der Waals surface area contributed by atoms with Gasteiger partial charge in [0, 0.05) is 52.8 Å². The predicted molar refractivity (Wildman–Crippen MR) is 112 cm³/mol. The zero-order valence-corrected chi connectivity index (χ0v) is 17.3. The van der Waals surface area contributed by atoms with Gasteiger partial charge in [-0.05, 0) is 30.4 Å². The average molecular weight is 401 g/mol. The van der Waals surface area contributed by atoms with Crippen LogP contribution in [0.15, 0.2) is 29.3 Å². The van der Waals surface area contributed by atoms with Crippen LogP contribution in [-0.2, 0) is 27.4 Å². The van der Waals surface area contributed by atoms with Gasteiger partial charge in [0.1, 0.15) is 6.10 Å². The van der Waals surface area contributed by atoms with Crippen LogP contribution in [0, 0.1) is 0 Å². The van der Waals surface area contributed by atoms with Gasteiger partial charge in [-0.1, -0.05) is 24.3 Å². The first-order chi connectivity index (χ1) is 14.2. The first kappa shape index (κ1) is 20.2. The van der Waals surface area contributed by atoms with E-state index in [1.54, 1.807) is 0 Å². The molecule has 1 aromatic carbocycles. The lowest BCUT2D eigenvalue weighted by Gasteiger charge is -2.37. The Morgan fingerprint density at radius 2 is 1.97 bits per heavy atom. The molecule has 3 fully saturated rings. The number of rotatable bonds is 5. The molecule has 1 N–H and O–H groups in total. The van der Waals surface area contributed by atoms with E-state index >= 15 is 0 Å². The monoisotopic (exact) mass is 400 g/mol. The van der Waals surface area contributed by atoms with Crippen LogP contribution in [0.1, 0.15) is 36.8 Å². The standard InChI is InChI=1S/C22H32N4O3/c1-23-22(26-11-13-29-20(16-26)19-8-5-12-28-19)24-14-17-6-2-3-7-18(17)15-25-10-4-9-21(25)27/h2-3,6-7,19-20H,4-5,8-16H2,1H3,(H,23,24). The maximum atomic E-state index is 12.0. The van der Waals surface area contributed by atoms with Crippen molar-refractivity contribution in [3.8, 4) is 0 Å². The number of nitrogens with zero attached hydrogens (tertiary/aromatic N) is 3. The molecule has 4 rings (SSSR count). The highest BCUT2D eigenvalue weighted by Crippen LogP contribution is 2.21. The Balaban J connectivity index is 1.36. The van der Waals surface area contributed by atoms with E-state index in [-0.39, 0.29) is 18.1 Å². The smallest absolute Gasteiger partial charge is 0.222 e. The summed E-state index contributed by atoms with van der Waals surface area (Å²) in [5.41, 5.74) is 2.40. The summed E-state index contributed by atoms with van der Waals surface area (Å²) in [6.45, 7) is 5.40. The van der Waals surface area contributed by atoms with Crippen molar-refractivity contribution in [1.82, 2.24) is 15.1 Å². The van der Waals surface area contributed by atoms with Crippen LogP contribution in [0.5, 0.6) is 0 Å². The summed E-state index contributed by atoms with van der Waals surface area (Å²) in [4.78, 5) is 20.7. The second-order valence-electron chi connectivity index (χ2n) is 8.00. The summed E-state index contributed by atoms with van der Waals surface area (Å²) < 4.78 is 11.8. The fourth-order valence-corrected chi connectivity index (χ4v) is 4.46. The number of amides is 1. The van der Waals surface area contributed by atoms with Gasteiger partial charge < -0.3 is 24.6 Å². The fraction of sp³-hybridized carbons (Fsp3) is 0.636. The molecule has 0 radical (unpaired) electrons. The maximum Gasteiger partial charge on any atom is 0.222 e. The first-order valence-electron chi connectivity index (χ1n) is 10.8. The molecule has 158 valence electrons. The number of carbonyl (C=O) groups excluding carboxylic acids is 1. The molecular formula is C22H32N4O3. The van der Waals surface area contributed by atoms with Crippen molar-refractivity contribution >= 4 is 11.9 Å². The van der Waals surface area contributed by atoms with E-state index in [4.69, 9.17) is 9.47 Å². The number of carbonyl (C=O) groups is 1. The topological polar surface area (TPSA) is 66.4 Å². The SMILES string of the molecule is CN=C(NCc1ccccc1CN1CCCC1=O)N1CCOC(C2CCCO2)C1. The van der Waals surface area contributed by atoms with E-state index in [0.29, 0.717) is 26.1 Å². The van der Waals surface area contributed by atoms with Crippen molar-refractivity contribution in [3.63, 3.8) is 0 Å². The second-order valence-corrected chi connectivity index (χ2v) is 8.00. The highest BCUT2D eigenvalue weighted by Gasteiger charge is 2.32. The highest BCUT2D eigenvalue weighted by molar-refractivity contribution is 5.80. The number of likely N-dealkylation sites (tertiary alicyclic amines) is 1. The van der Waals surface area contributed by atoms with Gasteiger partial charge in [0.25, 0.3) is 0 Å². The average Bonchev–Trinajstić information content (AvgIpc) is 3.42. The van der Waals surface area contributed by atoms with Crippen molar-refractivity contribution < 1.29 is 14.3 Å². The summed E-state index contributed by atoms with van der Waals surface area (Å²) in [6.07, 6.45) is 4.15. The number of guanidine groups is 1. The highest BCUT2D eigenvalue weighted by atomic mass is 16.5. The van der Waals surface area contributed by atoms with E-state index in [1.807, 2.05) is 18.0 Å². The number of nitrogens with one attached hydrogen (secondary N) is 1. The van der Waals surface area contributed by atoms with Crippen molar-refractivity contribution in [3.05, 3.63) is 35.4 Å². The number of aliphatic imine (C=N–C) groups is 1. The summed E-state index contributed by atoms with van der Waals surface area (Å²) >= 11 is 0. The Morgan fingerprint density at radius 3 is 2.69 bits per heavy atom. The largest absolute Gasteiger partial charge is 0.375 e. The quantitative estimate of drug-likeness (QED) is 0.603. The molecular weight excluding hydrogens is 368 g/mol. The van der Waals surface area contributed by atoms with Crippen LogP contribution in [0.25, 0.3) is 0 Å². The molecule has 7 heteroatoms. The van der Waals surface area contributed by atoms with E-state index in [0.717, 1.165) is 51.5 Å². The molecule has 1 amide bonds. The van der Waals surface area contributed by atoms with Crippen molar-refractivity contribution in [2.75, 3.05) is 39.9 Å². The van der Waals surface area contributed by atoms with Crippen molar-refractivity contribution in [2.24, 2.45) is 4.99 Å². The lowest BCUT2D eigenvalue weighted by Crippen LogP contribution is -2.53. The molecule has 29 heavy (non-hydrogen) atoms. The predicted octanol–water partition coefficient (Wildman–Crippen LogP) is 1.76. The van der Waals surface area contributed by atoms with E-state index < -0.39 is 0 Å². The molecule has 3 aliphatic rings. The van der Waals surface area contributed by atoms with Crippen LogP contribution in [0.4, 0.5) is 0 Å². The van der Waals surface area contributed by atoms with Gasteiger partial charge in [0.2, 0.25) is 5.91 Å². The molecule has 3 heterocycles. The maximum absolute atomic E-state index is 12.0. The Hall–Kier alpha value is -2.12. The number of benzene rings is 1. The summed E-state index contributed by atoms with van der Waals surface area (Å²) in [5, 5.41) is 3.52. The van der Waals surface area contributed by atoms with Gasteiger partial charge in [0.05, 0.1) is 12.7 Å². The number of ether oxygens (including phenoxy) is 2. The van der Waals surface area contributed by atoms with Crippen LogP contribution in [0.3, 0.4) is 0 Å². The Morgan fingerprint density at radius 1 is 1.14 bits per heavy atom. The van der Waals surface area contributed by atoms with E-state index in [9.17, 15) is 4.79 Å². The zero-order chi connectivity index (χ0) is 20.1. The van der Waals surface area contributed by atoms with Gasteiger partial charge in [-0.2, -0.15) is 0 Å². The first-order valence-corrected chi connectivity index (χ1v) is 10.8. The van der Waals surface area contributed by atoms with Gasteiger partial charge >= 0.3 is 0 Å². The molecule has 3 aliphatic heterocycles. The Bertz CT molecular complexity index is 733. The number of morpholine rings is 1. The van der Waals surface area contributed by atoms with Gasteiger partial charge in [-0.3, -0.25) is 9.79 Å². The summed E-state index contributed by atoms with van der Waals surface area (Å²) in [5.74, 6) is 1.15.